The lowest BCUT2D eigenvalue weighted by Gasteiger charge is -2.31. The van der Waals surface area contributed by atoms with Crippen molar-refractivity contribution in [2.24, 2.45) is 39.8 Å². The van der Waals surface area contributed by atoms with Crippen molar-refractivity contribution in [3.8, 4) is 0 Å². The first-order valence-electron chi connectivity index (χ1n) is 25.1. The molecule has 12 atom stereocenters. The van der Waals surface area contributed by atoms with E-state index in [9.17, 15) is 82.8 Å². The van der Waals surface area contributed by atoms with E-state index in [1.165, 1.54) is 11.8 Å². The molecule has 21 N–H and O–H groups in total. The molecule has 1 rings (SSSR count). The predicted octanol–water partition coefficient (Wildman–Crippen LogP) is -6.98. The highest BCUT2D eigenvalue weighted by molar-refractivity contribution is 6.00. The first kappa shape index (κ1) is 68.3. The molecule has 1 heterocycles. The molecule has 0 aromatic heterocycles. The highest BCUT2D eigenvalue weighted by Crippen LogP contribution is 2.18. The second-order valence-electron chi connectivity index (χ2n) is 19.2. The van der Waals surface area contributed by atoms with Gasteiger partial charge in [-0.05, 0) is 64.2 Å². The molecule has 0 aliphatic carbocycles. The lowest BCUT2D eigenvalue weighted by atomic mass is 9.96. The van der Waals surface area contributed by atoms with Gasteiger partial charge in [0.2, 0.25) is 59.1 Å². The van der Waals surface area contributed by atoms with Crippen molar-refractivity contribution in [2.45, 2.75) is 172 Å². The molecule has 0 aromatic carbocycles. The molecule has 32 heteroatoms. The topological polar surface area (TPSA) is 539 Å². The van der Waals surface area contributed by atoms with Crippen molar-refractivity contribution in [1.29, 1.82) is 0 Å². The Labute approximate surface area is 449 Å². The molecule has 0 aromatic rings. The number of carboxylic acids is 3. The molecule has 1 saturated heterocycles. The van der Waals surface area contributed by atoms with Crippen LogP contribution in [0.1, 0.15) is 106 Å². The fourth-order valence-electron chi connectivity index (χ4n) is 7.85. The minimum atomic E-state index is -1.97. The zero-order valence-corrected chi connectivity index (χ0v) is 44.4. The lowest BCUT2D eigenvalue weighted by Crippen LogP contribution is -2.63. The van der Waals surface area contributed by atoms with E-state index < -0.39 is 175 Å². The Morgan fingerprint density at radius 3 is 1.55 bits per heavy atom. The lowest BCUT2D eigenvalue weighted by molar-refractivity contribution is -0.147. The molecule has 1 aliphatic heterocycles. The molecule has 1 aliphatic rings. The normalized spacial score (nSPS) is 17.3. The second-order valence-corrected chi connectivity index (χ2v) is 19.2. The van der Waals surface area contributed by atoms with Crippen LogP contribution in [0.15, 0.2) is 4.99 Å². The van der Waals surface area contributed by atoms with Crippen molar-refractivity contribution in [3.63, 3.8) is 0 Å². The number of carboxylic acid groups (broad SMARTS) is 3. The van der Waals surface area contributed by atoms with Crippen LogP contribution in [0.3, 0.4) is 0 Å². The summed E-state index contributed by atoms with van der Waals surface area (Å²) in [5.74, 6) is -16.6. The Morgan fingerprint density at radius 1 is 0.590 bits per heavy atom. The molecule has 0 unspecified atom stereocenters. The highest BCUT2D eigenvalue weighted by Gasteiger charge is 2.40. The third-order valence-electron chi connectivity index (χ3n) is 12.2. The van der Waals surface area contributed by atoms with Crippen LogP contribution >= 0.6 is 0 Å². The van der Waals surface area contributed by atoms with Crippen LogP contribution in [-0.2, 0) is 62.3 Å². The first-order chi connectivity index (χ1) is 36.3. The number of hydrogen-bond acceptors (Lipinski definition) is 17. The zero-order valence-electron chi connectivity index (χ0n) is 44.4. The molecule has 0 saturated carbocycles. The summed E-state index contributed by atoms with van der Waals surface area (Å²) < 4.78 is 0. The first-order valence-corrected chi connectivity index (χ1v) is 25.1. The van der Waals surface area contributed by atoms with Gasteiger partial charge in [-0.15, -0.1) is 0 Å². The van der Waals surface area contributed by atoms with Crippen molar-refractivity contribution < 1.29 is 87.9 Å². The smallest absolute Gasteiger partial charge is 0.326 e. The van der Waals surface area contributed by atoms with E-state index in [1.54, 1.807) is 20.8 Å². The Morgan fingerprint density at radius 2 is 1.06 bits per heavy atom. The summed E-state index contributed by atoms with van der Waals surface area (Å²) in [7, 11) is 0. The number of aliphatic hydroxyl groups excluding tert-OH is 2. The summed E-state index contributed by atoms with van der Waals surface area (Å²) in [6.45, 7) is 8.47. The second kappa shape index (κ2) is 33.4. The number of nitrogens with two attached hydrogens (primary N) is 4. The number of aliphatic hydroxyl groups is 2. The van der Waals surface area contributed by atoms with Gasteiger partial charge in [0.05, 0.1) is 31.6 Å². The third kappa shape index (κ3) is 23.7. The maximum Gasteiger partial charge on any atom is 0.326 e. The van der Waals surface area contributed by atoms with Gasteiger partial charge in [-0.1, -0.05) is 34.1 Å². The van der Waals surface area contributed by atoms with Crippen LogP contribution in [0.25, 0.3) is 0 Å². The van der Waals surface area contributed by atoms with Gasteiger partial charge in [-0.25, -0.2) is 4.79 Å². The van der Waals surface area contributed by atoms with E-state index >= 15 is 0 Å². The molecule has 0 spiro atoms. The SMILES string of the molecule is CC[C@H](C)[C@H](NC(=O)[C@@H](NC(=O)[C@H](CC(N)=O)NC(=O)[C@@H](NC(=O)[C@H](CCCN=C(N)N)NC(=O)[C@@H]1CCCN1C(=O)CN)[C@@H](C)O)[C@@H](C)O)C(=O)N[C@@H](CC(C)C)C(=O)N[C@@H](CCC(=O)O)C(=O)N[C@@H](CC(=O)O)C(=O)O. The Kier molecular flexibility index (Phi) is 29.3. The standard InChI is InChI=1S/C46H78N14O18/c1-7-21(4)34(42(74)54-26(16-20(2)3)39(71)52-25(12-13-32(65)66)37(69)56-28(45(77)78)18-33(67)68)57-44(76)36(23(6)62)59-40(72)27(17-30(48)63)55-43(75)35(22(5)61)58-38(70)24(10-8-14-51-46(49)50)53-41(73)29-11-9-15-60(29)31(64)19-47/h20-29,34-36,61-62H,7-19,47H2,1-6H3,(H2,48,63)(H,52,71)(H,53,73)(H,54,74)(H,55,75)(H,56,69)(H,57,76)(H,58,70)(H,59,72)(H,65,66)(H,67,68)(H,77,78)(H4,49,50,51)/t21-,22+,23+,24-,25-,26-,27-,28-,29-,34-,35-,36-/m0/s1. The summed E-state index contributed by atoms with van der Waals surface area (Å²) >= 11 is 0. The average molecular weight is 1120 g/mol. The van der Waals surface area contributed by atoms with Gasteiger partial charge in [-0.3, -0.25) is 62.5 Å². The van der Waals surface area contributed by atoms with E-state index in [4.69, 9.17) is 28.0 Å². The Bertz CT molecular complexity index is 2190. The summed E-state index contributed by atoms with van der Waals surface area (Å²) in [6, 6.07) is -15.0. The molecule has 32 nitrogen and oxygen atoms in total. The summed E-state index contributed by atoms with van der Waals surface area (Å²) in [5.41, 5.74) is 21.7. The molecular formula is C46H78N14O18. The predicted molar refractivity (Wildman–Crippen MR) is 272 cm³/mol. The van der Waals surface area contributed by atoms with Crippen LogP contribution in [-0.4, -0.2) is 200 Å². The molecule has 0 radical (unpaired) electrons. The summed E-state index contributed by atoms with van der Waals surface area (Å²) in [6.07, 6.45) is -6.06. The van der Waals surface area contributed by atoms with Crippen molar-refractivity contribution in [1.82, 2.24) is 47.4 Å². The third-order valence-corrected chi connectivity index (χ3v) is 12.2. The number of likely N-dealkylation sites (tertiary alicyclic amines) is 1. The number of primary amides is 1. The molecular weight excluding hydrogens is 1040 g/mol. The minimum Gasteiger partial charge on any atom is -0.481 e. The Hall–Kier alpha value is -7.74. The molecule has 440 valence electrons. The fraction of sp³-hybridized carbons (Fsp3) is 0.696. The number of rotatable bonds is 35. The minimum absolute atomic E-state index is 0.00441. The number of aliphatic imine (C=N–C) groups is 1. The number of nitrogens with one attached hydrogen (secondary N) is 8. The number of carbonyl (C=O) groups is 13. The van der Waals surface area contributed by atoms with Crippen LogP contribution in [0.5, 0.6) is 0 Å². The van der Waals surface area contributed by atoms with Crippen molar-refractivity contribution in [2.75, 3.05) is 19.6 Å². The maximum atomic E-state index is 14.1. The number of carbonyl (C=O) groups excluding carboxylic acids is 10. The number of hydrogen-bond donors (Lipinski definition) is 17. The number of amides is 10. The van der Waals surface area contributed by atoms with Crippen molar-refractivity contribution >= 4 is 82.9 Å². The quantitative estimate of drug-likeness (QED) is 0.0159. The van der Waals surface area contributed by atoms with E-state index in [1.807, 2.05) is 5.32 Å². The molecule has 78 heavy (non-hydrogen) atoms. The molecule has 0 bridgehead atoms. The maximum absolute atomic E-state index is 14.1. The van der Waals surface area contributed by atoms with Gasteiger partial charge >= 0.3 is 17.9 Å². The van der Waals surface area contributed by atoms with E-state index in [-0.39, 0.29) is 63.6 Å². The van der Waals surface area contributed by atoms with Gasteiger partial charge in [-0.2, -0.15) is 0 Å². The number of guanidine groups is 1. The van der Waals surface area contributed by atoms with Crippen LogP contribution < -0.4 is 65.5 Å². The number of aliphatic carboxylic acids is 3. The van der Waals surface area contributed by atoms with E-state index in [0.717, 1.165) is 13.8 Å². The van der Waals surface area contributed by atoms with Gasteiger partial charge in [0.15, 0.2) is 5.96 Å². The molecule has 1 fully saturated rings. The van der Waals surface area contributed by atoms with Crippen LogP contribution in [0.4, 0.5) is 0 Å². The monoisotopic (exact) mass is 1110 g/mol. The zero-order chi connectivity index (χ0) is 59.7. The summed E-state index contributed by atoms with van der Waals surface area (Å²) in [5, 5.41) is 67.7. The van der Waals surface area contributed by atoms with Gasteiger partial charge in [0, 0.05) is 19.5 Å². The van der Waals surface area contributed by atoms with Gasteiger partial charge < -0.3 is 95.9 Å². The fourth-order valence-corrected chi connectivity index (χ4v) is 7.85. The highest BCUT2D eigenvalue weighted by atomic mass is 16.4. The average Bonchev–Trinajstić information content (AvgIpc) is 3.84. The van der Waals surface area contributed by atoms with E-state index in [0.29, 0.717) is 6.42 Å². The largest absolute Gasteiger partial charge is 0.481 e. The number of nitrogens with zero attached hydrogens (tertiary/aromatic N) is 2. The van der Waals surface area contributed by atoms with E-state index in [2.05, 4.69) is 42.2 Å². The van der Waals surface area contributed by atoms with Crippen LogP contribution in [0, 0.1) is 11.8 Å². The van der Waals surface area contributed by atoms with Gasteiger partial charge in [0.25, 0.3) is 0 Å². The van der Waals surface area contributed by atoms with Crippen molar-refractivity contribution in [3.05, 3.63) is 0 Å². The van der Waals surface area contributed by atoms with Gasteiger partial charge in [0.1, 0.15) is 54.4 Å². The Balaban J connectivity index is 3.45. The summed E-state index contributed by atoms with van der Waals surface area (Å²) in [4.78, 5) is 174. The molecule has 10 amide bonds. The van der Waals surface area contributed by atoms with Crippen LogP contribution in [0.2, 0.25) is 0 Å².